The van der Waals surface area contributed by atoms with Crippen LogP contribution in [0.5, 0.6) is 0 Å². The van der Waals surface area contributed by atoms with Crippen molar-refractivity contribution < 1.29 is 18.9 Å². The van der Waals surface area contributed by atoms with Gasteiger partial charge in [0.25, 0.3) is 0 Å². The van der Waals surface area contributed by atoms with Gasteiger partial charge in [-0.25, -0.2) is 0 Å². The lowest BCUT2D eigenvalue weighted by molar-refractivity contribution is 0.103. The lowest BCUT2D eigenvalue weighted by Gasteiger charge is -2.06. The minimum Gasteiger partial charge on any atom is -0.381 e. The minimum atomic E-state index is 0.612. The van der Waals surface area contributed by atoms with E-state index in [1.54, 1.807) is 0 Å². The lowest BCUT2D eigenvalue weighted by Crippen LogP contribution is -2.09. The molecule has 0 bridgehead atoms. The lowest BCUT2D eigenvalue weighted by atomic mass is 10.2. The van der Waals surface area contributed by atoms with Crippen molar-refractivity contribution in [2.45, 2.75) is 83.5 Å². The van der Waals surface area contributed by atoms with Gasteiger partial charge in [0.1, 0.15) is 0 Å². The summed E-state index contributed by atoms with van der Waals surface area (Å²) in [5.74, 6) is 0. The van der Waals surface area contributed by atoms with Crippen molar-refractivity contribution in [1.29, 1.82) is 0 Å². The van der Waals surface area contributed by atoms with E-state index >= 15 is 0 Å². The molecule has 0 aromatic rings. The fourth-order valence-corrected chi connectivity index (χ4v) is 2.92. The first-order valence-electron chi connectivity index (χ1n) is 12.0. The molecule has 0 atom stereocenters. The average molecular weight is 416 g/mol. The van der Waals surface area contributed by atoms with E-state index in [9.17, 15) is 0 Å². The predicted octanol–water partition coefficient (Wildman–Crippen LogP) is 5.27. The molecule has 0 heterocycles. The standard InChI is InChI=1S/C24H49NO4/c1-2-3-4-5-9-17-26-18-10-6-11-19-27-20-12-7-13-21-28-22-14-8-15-23-29-24-16-25/h2H,1,3-25H2. The summed E-state index contributed by atoms with van der Waals surface area (Å²) >= 11 is 0. The van der Waals surface area contributed by atoms with E-state index in [0.717, 1.165) is 91.2 Å². The Balaban J connectivity index is 2.97. The Morgan fingerprint density at radius 1 is 0.448 bits per heavy atom. The number of hydrogen-bond acceptors (Lipinski definition) is 5. The van der Waals surface area contributed by atoms with Gasteiger partial charge in [-0.3, -0.25) is 0 Å². The molecule has 0 amide bonds. The summed E-state index contributed by atoms with van der Waals surface area (Å²) < 4.78 is 22.4. The molecule has 2 N–H and O–H groups in total. The zero-order valence-corrected chi connectivity index (χ0v) is 19.1. The van der Waals surface area contributed by atoms with E-state index in [1.165, 1.54) is 38.5 Å². The molecule has 0 radical (unpaired) electrons. The second kappa shape index (κ2) is 27.5. The van der Waals surface area contributed by atoms with E-state index in [1.807, 2.05) is 6.08 Å². The molecule has 5 heteroatoms. The Kier molecular flexibility index (Phi) is 27.1. The molecule has 174 valence electrons. The number of nitrogens with two attached hydrogens (primary N) is 1. The zero-order chi connectivity index (χ0) is 21.1. The van der Waals surface area contributed by atoms with Crippen molar-refractivity contribution in [2.24, 2.45) is 5.73 Å². The third-order valence-electron chi connectivity index (χ3n) is 4.69. The van der Waals surface area contributed by atoms with Crippen LogP contribution in [0.4, 0.5) is 0 Å². The molecule has 0 saturated heterocycles. The second-order valence-corrected chi connectivity index (χ2v) is 7.56. The van der Waals surface area contributed by atoms with Crippen molar-refractivity contribution in [2.75, 3.05) is 59.4 Å². The Labute approximate surface area is 180 Å². The third-order valence-corrected chi connectivity index (χ3v) is 4.69. The first kappa shape index (κ1) is 28.5. The van der Waals surface area contributed by atoms with Crippen molar-refractivity contribution in [3.63, 3.8) is 0 Å². The largest absolute Gasteiger partial charge is 0.381 e. The molecule has 0 saturated carbocycles. The number of ether oxygens (including phenoxy) is 4. The van der Waals surface area contributed by atoms with Gasteiger partial charge in [0, 0.05) is 52.8 Å². The van der Waals surface area contributed by atoms with E-state index in [4.69, 9.17) is 24.7 Å². The molecule has 0 aromatic heterocycles. The van der Waals surface area contributed by atoms with Crippen LogP contribution < -0.4 is 5.73 Å². The number of allylic oxidation sites excluding steroid dienone is 1. The molecule has 29 heavy (non-hydrogen) atoms. The van der Waals surface area contributed by atoms with Crippen LogP contribution in [0.25, 0.3) is 0 Å². The van der Waals surface area contributed by atoms with Crippen LogP contribution in [-0.2, 0) is 18.9 Å². The molecule has 0 aliphatic carbocycles. The molecule has 0 fully saturated rings. The van der Waals surface area contributed by atoms with Crippen molar-refractivity contribution in [3.05, 3.63) is 12.7 Å². The molecule has 0 aliphatic rings. The van der Waals surface area contributed by atoms with Crippen LogP contribution in [0.2, 0.25) is 0 Å². The first-order valence-corrected chi connectivity index (χ1v) is 12.0. The second-order valence-electron chi connectivity index (χ2n) is 7.56. The monoisotopic (exact) mass is 415 g/mol. The minimum absolute atomic E-state index is 0.612. The van der Waals surface area contributed by atoms with Gasteiger partial charge in [0.15, 0.2) is 0 Å². The molecule has 0 aromatic carbocycles. The van der Waals surface area contributed by atoms with E-state index < -0.39 is 0 Å². The van der Waals surface area contributed by atoms with Crippen LogP contribution >= 0.6 is 0 Å². The number of hydrogen-bond donors (Lipinski definition) is 1. The van der Waals surface area contributed by atoms with Gasteiger partial charge in [-0.15, -0.1) is 6.58 Å². The van der Waals surface area contributed by atoms with E-state index in [-0.39, 0.29) is 0 Å². The predicted molar refractivity (Wildman–Crippen MR) is 123 cm³/mol. The van der Waals surface area contributed by atoms with Crippen molar-refractivity contribution in [3.8, 4) is 0 Å². The Morgan fingerprint density at radius 3 is 1.07 bits per heavy atom. The van der Waals surface area contributed by atoms with Crippen LogP contribution in [0, 0.1) is 0 Å². The molecular weight excluding hydrogens is 366 g/mol. The molecule has 0 spiro atoms. The Bertz CT molecular complexity index is 303. The molecule has 0 unspecified atom stereocenters. The Morgan fingerprint density at radius 2 is 0.759 bits per heavy atom. The highest BCUT2D eigenvalue weighted by molar-refractivity contribution is 4.65. The SMILES string of the molecule is C=CCCCCCOCCCCCOCCCCCOCCCCCOCCN. The fraction of sp³-hybridized carbons (Fsp3) is 0.917. The maximum Gasteiger partial charge on any atom is 0.0588 e. The number of unbranched alkanes of at least 4 members (excludes halogenated alkanes) is 9. The van der Waals surface area contributed by atoms with Gasteiger partial charge < -0.3 is 24.7 Å². The normalized spacial score (nSPS) is 11.2. The van der Waals surface area contributed by atoms with Crippen LogP contribution in [0.3, 0.4) is 0 Å². The molecular formula is C24H49NO4. The smallest absolute Gasteiger partial charge is 0.0588 e. The summed E-state index contributed by atoms with van der Waals surface area (Å²) in [4.78, 5) is 0. The third kappa shape index (κ3) is 27.5. The van der Waals surface area contributed by atoms with Gasteiger partial charge in [-0.05, 0) is 77.0 Å². The van der Waals surface area contributed by atoms with Gasteiger partial charge >= 0.3 is 0 Å². The fourth-order valence-electron chi connectivity index (χ4n) is 2.92. The van der Waals surface area contributed by atoms with Crippen LogP contribution in [0.1, 0.15) is 83.5 Å². The van der Waals surface area contributed by atoms with Gasteiger partial charge in [-0.2, -0.15) is 0 Å². The summed E-state index contributed by atoms with van der Waals surface area (Å²) in [5.41, 5.74) is 5.37. The van der Waals surface area contributed by atoms with Crippen LogP contribution in [0.15, 0.2) is 12.7 Å². The van der Waals surface area contributed by atoms with E-state index in [2.05, 4.69) is 6.58 Å². The highest BCUT2D eigenvalue weighted by Crippen LogP contribution is 2.03. The molecule has 5 nitrogen and oxygen atoms in total. The maximum absolute atomic E-state index is 5.71. The summed E-state index contributed by atoms with van der Waals surface area (Å²) in [5, 5.41) is 0. The first-order chi connectivity index (χ1) is 14.4. The van der Waals surface area contributed by atoms with Crippen LogP contribution in [-0.4, -0.2) is 59.4 Å². The summed E-state index contributed by atoms with van der Waals surface area (Å²) in [7, 11) is 0. The highest BCUT2D eigenvalue weighted by atomic mass is 16.5. The van der Waals surface area contributed by atoms with Crippen molar-refractivity contribution >= 4 is 0 Å². The zero-order valence-electron chi connectivity index (χ0n) is 19.1. The summed E-state index contributed by atoms with van der Waals surface area (Å²) in [6.45, 7) is 11.1. The van der Waals surface area contributed by atoms with Gasteiger partial charge in [0.2, 0.25) is 0 Å². The highest BCUT2D eigenvalue weighted by Gasteiger charge is 1.95. The summed E-state index contributed by atoms with van der Waals surface area (Å²) in [6.07, 6.45) is 17.1. The maximum atomic E-state index is 5.71. The number of rotatable bonds is 26. The van der Waals surface area contributed by atoms with Gasteiger partial charge in [-0.1, -0.05) is 12.5 Å². The topological polar surface area (TPSA) is 62.9 Å². The van der Waals surface area contributed by atoms with Crippen molar-refractivity contribution in [1.82, 2.24) is 0 Å². The molecule has 0 aliphatic heterocycles. The molecule has 0 rings (SSSR count). The quantitative estimate of drug-likeness (QED) is 0.154. The average Bonchev–Trinajstić information content (AvgIpc) is 2.74. The summed E-state index contributed by atoms with van der Waals surface area (Å²) in [6, 6.07) is 0. The Hall–Kier alpha value is -0.460. The van der Waals surface area contributed by atoms with E-state index in [0.29, 0.717) is 13.2 Å². The van der Waals surface area contributed by atoms with Gasteiger partial charge in [0.05, 0.1) is 6.61 Å².